The lowest BCUT2D eigenvalue weighted by Gasteiger charge is -2.06. The average Bonchev–Trinajstić information content (AvgIpc) is 3.11. The predicted octanol–water partition coefficient (Wildman–Crippen LogP) is 5.26. The van der Waals surface area contributed by atoms with Gasteiger partial charge in [-0.25, -0.2) is 4.98 Å². The van der Waals surface area contributed by atoms with Crippen molar-refractivity contribution in [3.05, 3.63) is 74.7 Å². The number of hydrogen-bond acceptors (Lipinski definition) is 5. The molecule has 0 saturated heterocycles. The average molecular weight is 435 g/mol. The Hall–Kier alpha value is -2.41. The normalized spacial score (nSPS) is 10.5. The van der Waals surface area contributed by atoms with Crippen molar-refractivity contribution in [2.45, 2.75) is 13.3 Å². The zero-order chi connectivity index (χ0) is 20.1. The molecule has 3 rings (SSSR count). The van der Waals surface area contributed by atoms with E-state index in [1.54, 1.807) is 36.5 Å². The number of carbonyl (C=O) groups excluding carboxylic acids is 2. The van der Waals surface area contributed by atoms with Gasteiger partial charge < -0.3 is 4.74 Å². The van der Waals surface area contributed by atoms with Crippen molar-refractivity contribution in [2.75, 3.05) is 11.9 Å². The highest BCUT2D eigenvalue weighted by molar-refractivity contribution is 7.15. The number of hydrogen-bond donors (Lipinski definition) is 1. The van der Waals surface area contributed by atoms with Gasteiger partial charge in [-0.3, -0.25) is 14.9 Å². The summed E-state index contributed by atoms with van der Waals surface area (Å²) in [5.74, 6) is 0.163. The molecule has 0 aliphatic heterocycles. The Morgan fingerprint density at radius 3 is 2.61 bits per heavy atom. The van der Waals surface area contributed by atoms with E-state index in [0.717, 1.165) is 10.4 Å². The van der Waals surface area contributed by atoms with E-state index < -0.39 is 0 Å². The molecule has 0 atom stereocenters. The van der Waals surface area contributed by atoms with Crippen LogP contribution in [0, 0.1) is 0 Å². The smallest absolute Gasteiger partial charge is 0.264 e. The Morgan fingerprint density at radius 2 is 1.89 bits per heavy atom. The van der Waals surface area contributed by atoms with Crippen LogP contribution in [0.3, 0.4) is 0 Å². The molecule has 28 heavy (non-hydrogen) atoms. The third-order valence-corrected chi connectivity index (χ3v) is 5.60. The fraction of sp³-hybridized carbons (Fsp3) is 0.150. The molecule has 1 aromatic heterocycles. The first-order chi connectivity index (χ1) is 13.4. The van der Waals surface area contributed by atoms with E-state index in [-0.39, 0.29) is 18.3 Å². The molecule has 0 saturated carbocycles. The van der Waals surface area contributed by atoms with Crippen LogP contribution in [0.4, 0.5) is 5.13 Å². The third-order valence-electron chi connectivity index (χ3n) is 3.83. The Kier molecular flexibility index (Phi) is 6.67. The minimum absolute atomic E-state index is 0.0251. The van der Waals surface area contributed by atoms with Crippen molar-refractivity contribution in [1.82, 2.24) is 4.98 Å². The number of nitrogens with one attached hydrogen (secondary N) is 1. The molecule has 0 radical (unpaired) electrons. The summed E-state index contributed by atoms with van der Waals surface area (Å²) < 4.78 is 5.43. The van der Waals surface area contributed by atoms with Crippen molar-refractivity contribution in [3.63, 3.8) is 0 Å². The van der Waals surface area contributed by atoms with Crippen LogP contribution in [0.1, 0.15) is 27.7 Å². The maximum absolute atomic E-state index is 12.1. The molecule has 0 spiro atoms. The lowest BCUT2D eigenvalue weighted by molar-refractivity contribution is -0.118. The van der Waals surface area contributed by atoms with Gasteiger partial charge in [0.05, 0.1) is 10.0 Å². The first kappa shape index (κ1) is 20.3. The number of thiazole rings is 1. The predicted molar refractivity (Wildman–Crippen MR) is 112 cm³/mol. The van der Waals surface area contributed by atoms with Crippen LogP contribution in [0.25, 0.3) is 0 Å². The van der Waals surface area contributed by atoms with Crippen molar-refractivity contribution >= 4 is 51.4 Å². The second kappa shape index (κ2) is 9.19. The van der Waals surface area contributed by atoms with Gasteiger partial charge in [0.2, 0.25) is 0 Å². The monoisotopic (exact) mass is 434 g/mol. The maximum atomic E-state index is 12.1. The van der Waals surface area contributed by atoms with Crippen molar-refractivity contribution < 1.29 is 14.3 Å². The Labute approximate surface area is 176 Å². The molecule has 144 valence electrons. The van der Waals surface area contributed by atoms with Gasteiger partial charge in [-0.15, -0.1) is 11.3 Å². The van der Waals surface area contributed by atoms with E-state index in [1.165, 1.54) is 18.3 Å². The number of nitrogens with zero attached hydrogens (tertiary/aromatic N) is 1. The third kappa shape index (κ3) is 5.32. The number of benzene rings is 2. The molecule has 1 heterocycles. The second-order valence-corrected chi connectivity index (χ2v) is 7.84. The van der Waals surface area contributed by atoms with E-state index >= 15 is 0 Å². The van der Waals surface area contributed by atoms with E-state index in [0.29, 0.717) is 32.9 Å². The van der Waals surface area contributed by atoms with Gasteiger partial charge in [-0.05, 0) is 42.8 Å². The van der Waals surface area contributed by atoms with Crippen molar-refractivity contribution in [3.8, 4) is 5.75 Å². The molecule has 0 bridgehead atoms. The van der Waals surface area contributed by atoms with Crippen LogP contribution in [-0.4, -0.2) is 23.3 Å². The minimum Gasteiger partial charge on any atom is -0.484 e. The quantitative estimate of drug-likeness (QED) is 0.514. The van der Waals surface area contributed by atoms with E-state index in [9.17, 15) is 9.59 Å². The molecule has 3 aromatic rings. The van der Waals surface area contributed by atoms with Crippen LogP contribution in [0.2, 0.25) is 10.0 Å². The zero-order valence-electron chi connectivity index (χ0n) is 14.9. The molecule has 5 nitrogen and oxygen atoms in total. The maximum Gasteiger partial charge on any atom is 0.264 e. The summed E-state index contributed by atoms with van der Waals surface area (Å²) in [7, 11) is 0. The number of aromatic nitrogens is 1. The van der Waals surface area contributed by atoms with E-state index in [1.807, 2.05) is 12.1 Å². The standard InChI is InChI=1S/C20H16Cl2N2O3S/c1-12(25)13-5-7-15(8-6-13)27-11-18(26)24-20-23-10-16(28-20)9-14-3-2-4-17(21)19(14)22/h2-8,10H,9,11H2,1H3,(H,23,24,26). The second-order valence-electron chi connectivity index (χ2n) is 5.94. The van der Waals surface area contributed by atoms with Crippen LogP contribution >= 0.6 is 34.5 Å². The highest BCUT2D eigenvalue weighted by Gasteiger charge is 2.11. The molecule has 1 N–H and O–H groups in total. The first-order valence-electron chi connectivity index (χ1n) is 8.33. The molecule has 0 aliphatic rings. The fourth-order valence-corrected chi connectivity index (χ4v) is 3.65. The molecule has 0 aliphatic carbocycles. The van der Waals surface area contributed by atoms with Gasteiger partial charge >= 0.3 is 0 Å². The largest absolute Gasteiger partial charge is 0.484 e. The first-order valence-corrected chi connectivity index (χ1v) is 9.91. The number of Topliss-reactive ketones (excluding diaryl/α,β-unsaturated/α-hetero) is 1. The van der Waals surface area contributed by atoms with Gasteiger partial charge in [0.1, 0.15) is 5.75 Å². The van der Waals surface area contributed by atoms with Crippen molar-refractivity contribution in [2.24, 2.45) is 0 Å². The van der Waals surface area contributed by atoms with Crippen molar-refractivity contribution in [1.29, 1.82) is 0 Å². The molecule has 1 amide bonds. The van der Waals surface area contributed by atoms with Gasteiger partial charge in [0.15, 0.2) is 17.5 Å². The number of carbonyl (C=O) groups is 2. The SMILES string of the molecule is CC(=O)c1ccc(OCC(=O)Nc2ncc(Cc3cccc(Cl)c3Cl)s2)cc1. The summed E-state index contributed by atoms with van der Waals surface area (Å²) in [6.45, 7) is 1.33. The summed E-state index contributed by atoms with van der Waals surface area (Å²) in [5.41, 5.74) is 1.49. The fourth-order valence-electron chi connectivity index (χ4n) is 2.41. The number of halogens is 2. The Bertz CT molecular complexity index is 1000. The molecule has 0 fully saturated rings. The van der Waals surface area contributed by atoms with Gasteiger partial charge in [0.25, 0.3) is 5.91 Å². The Morgan fingerprint density at radius 1 is 1.14 bits per heavy atom. The summed E-state index contributed by atoms with van der Waals surface area (Å²) in [6.07, 6.45) is 2.27. The molecular weight excluding hydrogens is 419 g/mol. The van der Waals surface area contributed by atoms with E-state index in [4.69, 9.17) is 27.9 Å². The molecule has 0 unspecified atom stereocenters. The summed E-state index contributed by atoms with van der Waals surface area (Å²) in [6, 6.07) is 12.1. The van der Waals surface area contributed by atoms with Crippen LogP contribution in [0.5, 0.6) is 5.75 Å². The van der Waals surface area contributed by atoms with Gasteiger partial charge in [0, 0.05) is 23.1 Å². The lowest BCUT2D eigenvalue weighted by Crippen LogP contribution is -2.20. The number of anilines is 1. The van der Waals surface area contributed by atoms with Gasteiger partial charge in [-0.1, -0.05) is 35.3 Å². The number of rotatable bonds is 7. The van der Waals surface area contributed by atoms with Crippen LogP contribution in [-0.2, 0) is 11.2 Å². The highest BCUT2D eigenvalue weighted by Crippen LogP contribution is 2.29. The summed E-state index contributed by atoms with van der Waals surface area (Å²) in [4.78, 5) is 28.5. The number of amides is 1. The minimum atomic E-state index is -0.322. The van der Waals surface area contributed by atoms with E-state index in [2.05, 4.69) is 10.3 Å². The zero-order valence-corrected chi connectivity index (χ0v) is 17.2. The summed E-state index contributed by atoms with van der Waals surface area (Å²) >= 11 is 13.6. The van der Waals surface area contributed by atoms with Gasteiger partial charge in [-0.2, -0.15) is 0 Å². The molecular formula is C20H16Cl2N2O3S. The van der Waals surface area contributed by atoms with Crippen LogP contribution < -0.4 is 10.1 Å². The molecule has 2 aromatic carbocycles. The lowest BCUT2D eigenvalue weighted by atomic mass is 10.1. The Balaban J connectivity index is 1.53. The number of ketones is 1. The highest BCUT2D eigenvalue weighted by atomic mass is 35.5. The molecule has 8 heteroatoms. The number of ether oxygens (including phenoxy) is 1. The summed E-state index contributed by atoms with van der Waals surface area (Å²) in [5, 5.41) is 4.21. The van der Waals surface area contributed by atoms with Crippen LogP contribution in [0.15, 0.2) is 48.7 Å². The topological polar surface area (TPSA) is 68.3 Å².